The predicted molar refractivity (Wildman–Crippen MR) is 64.0 cm³/mol. The number of ether oxygens (including phenoxy) is 1. The lowest BCUT2D eigenvalue weighted by molar-refractivity contribution is -0.00631. The molecule has 0 aromatic rings. The van der Waals surface area contributed by atoms with Crippen LogP contribution in [0.15, 0.2) is 0 Å². The second-order valence-corrected chi connectivity index (χ2v) is 4.88. The van der Waals surface area contributed by atoms with Crippen LogP contribution >= 0.6 is 15.9 Å². The molecule has 0 spiro atoms. The van der Waals surface area contributed by atoms with E-state index in [1.54, 1.807) is 0 Å². The van der Waals surface area contributed by atoms with Crippen molar-refractivity contribution in [2.75, 3.05) is 31.6 Å². The summed E-state index contributed by atoms with van der Waals surface area (Å²) >= 11 is 3.61. The van der Waals surface area contributed by atoms with Crippen LogP contribution in [0.4, 0.5) is 0 Å². The normalized spacial score (nSPS) is 26.4. The largest absolute Gasteiger partial charge is 0.379 e. The predicted octanol–water partition coefficient (Wildman–Crippen LogP) is 2.52. The molecule has 0 saturated carbocycles. The molecule has 1 aliphatic heterocycles. The summed E-state index contributed by atoms with van der Waals surface area (Å²) in [6, 6.07) is 0.599. The monoisotopic (exact) mass is 263 g/mol. The summed E-state index contributed by atoms with van der Waals surface area (Å²) < 4.78 is 5.43. The number of hydrogen-bond acceptors (Lipinski definition) is 2. The average Bonchev–Trinajstić information content (AvgIpc) is 2.20. The van der Waals surface area contributed by atoms with Crippen LogP contribution < -0.4 is 0 Å². The summed E-state index contributed by atoms with van der Waals surface area (Å²) in [5, 5.41) is 1.13. The van der Waals surface area contributed by atoms with Gasteiger partial charge in [-0.25, -0.2) is 0 Å². The van der Waals surface area contributed by atoms with Gasteiger partial charge in [0.05, 0.1) is 13.2 Å². The zero-order chi connectivity index (χ0) is 10.4. The molecular formula is C11H22BrNO. The van der Waals surface area contributed by atoms with Gasteiger partial charge >= 0.3 is 0 Å². The fourth-order valence-electron chi connectivity index (χ4n) is 1.99. The number of halogens is 1. The number of morpholine rings is 1. The van der Waals surface area contributed by atoms with Gasteiger partial charge in [-0.1, -0.05) is 29.3 Å². The Bertz CT molecular complexity index is 154. The van der Waals surface area contributed by atoms with Crippen molar-refractivity contribution >= 4 is 15.9 Å². The molecule has 1 saturated heterocycles. The van der Waals surface area contributed by atoms with Crippen LogP contribution in [0, 0.1) is 5.92 Å². The molecule has 0 aromatic heterocycles. The molecule has 1 aliphatic rings. The van der Waals surface area contributed by atoms with Crippen molar-refractivity contribution in [1.29, 1.82) is 0 Å². The van der Waals surface area contributed by atoms with Gasteiger partial charge in [0.2, 0.25) is 0 Å². The zero-order valence-corrected chi connectivity index (χ0v) is 10.9. The van der Waals surface area contributed by atoms with E-state index in [2.05, 4.69) is 34.7 Å². The van der Waals surface area contributed by atoms with Crippen molar-refractivity contribution in [1.82, 2.24) is 4.90 Å². The van der Waals surface area contributed by atoms with Gasteiger partial charge in [-0.05, 0) is 19.3 Å². The van der Waals surface area contributed by atoms with Crippen molar-refractivity contribution in [3.63, 3.8) is 0 Å². The summed E-state index contributed by atoms with van der Waals surface area (Å²) in [4.78, 5) is 2.56. The second kappa shape index (κ2) is 6.81. The molecule has 0 amide bonds. The van der Waals surface area contributed by atoms with Crippen LogP contribution in [0.25, 0.3) is 0 Å². The van der Waals surface area contributed by atoms with Crippen molar-refractivity contribution in [3.8, 4) is 0 Å². The molecular weight excluding hydrogens is 242 g/mol. The Morgan fingerprint density at radius 1 is 1.57 bits per heavy atom. The van der Waals surface area contributed by atoms with Crippen LogP contribution in [-0.4, -0.2) is 42.6 Å². The number of alkyl halides is 1. The third-order valence-electron chi connectivity index (χ3n) is 2.91. The lowest BCUT2D eigenvalue weighted by atomic mass is 10.0. The van der Waals surface area contributed by atoms with Crippen LogP contribution in [0.5, 0.6) is 0 Å². The molecule has 3 heteroatoms. The van der Waals surface area contributed by atoms with E-state index in [0.717, 1.165) is 31.0 Å². The first kappa shape index (κ1) is 12.5. The van der Waals surface area contributed by atoms with Crippen molar-refractivity contribution in [2.45, 2.75) is 32.7 Å². The fraction of sp³-hybridized carbons (Fsp3) is 1.00. The maximum Gasteiger partial charge on any atom is 0.0619 e. The quantitative estimate of drug-likeness (QED) is 0.707. The minimum Gasteiger partial charge on any atom is -0.379 e. The van der Waals surface area contributed by atoms with Gasteiger partial charge in [0.25, 0.3) is 0 Å². The highest BCUT2D eigenvalue weighted by atomic mass is 79.9. The Morgan fingerprint density at radius 2 is 2.36 bits per heavy atom. The maximum absolute atomic E-state index is 5.43. The zero-order valence-electron chi connectivity index (χ0n) is 9.34. The average molecular weight is 264 g/mol. The molecule has 1 fully saturated rings. The molecule has 1 rings (SSSR count). The van der Waals surface area contributed by atoms with Gasteiger partial charge in [-0.2, -0.15) is 0 Å². The Balaban J connectivity index is 2.31. The first-order chi connectivity index (χ1) is 6.77. The maximum atomic E-state index is 5.43. The van der Waals surface area contributed by atoms with E-state index < -0.39 is 0 Å². The van der Waals surface area contributed by atoms with Gasteiger partial charge in [-0.3, -0.25) is 4.90 Å². The first-order valence-corrected chi connectivity index (χ1v) is 6.77. The van der Waals surface area contributed by atoms with Gasteiger partial charge in [0, 0.05) is 24.5 Å². The van der Waals surface area contributed by atoms with Gasteiger partial charge < -0.3 is 4.74 Å². The van der Waals surface area contributed by atoms with Crippen LogP contribution in [0.1, 0.15) is 26.7 Å². The topological polar surface area (TPSA) is 12.5 Å². The van der Waals surface area contributed by atoms with Gasteiger partial charge in [-0.15, -0.1) is 0 Å². The highest BCUT2D eigenvalue weighted by molar-refractivity contribution is 9.09. The Hall–Kier alpha value is 0.400. The Labute approximate surface area is 96.1 Å². The summed E-state index contributed by atoms with van der Waals surface area (Å²) in [5.74, 6) is 0.806. The Kier molecular flexibility index (Phi) is 6.06. The molecule has 0 aliphatic carbocycles. The van der Waals surface area contributed by atoms with E-state index in [4.69, 9.17) is 4.74 Å². The lowest BCUT2D eigenvalue weighted by Gasteiger charge is -2.35. The van der Waals surface area contributed by atoms with E-state index >= 15 is 0 Å². The number of nitrogens with zero attached hydrogens (tertiary/aromatic N) is 1. The molecule has 2 unspecified atom stereocenters. The SMILES string of the molecule is CCCC(CBr)CN1CCOCC1C. The highest BCUT2D eigenvalue weighted by Gasteiger charge is 2.21. The van der Waals surface area contributed by atoms with Crippen molar-refractivity contribution < 1.29 is 4.74 Å². The van der Waals surface area contributed by atoms with E-state index in [1.165, 1.54) is 19.4 Å². The number of rotatable bonds is 5. The molecule has 0 aromatic carbocycles. The molecule has 2 atom stereocenters. The standard InChI is InChI=1S/C11H22BrNO/c1-3-4-11(7-12)8-13-5-6-14-9-10(13)2/h10-11H,3-9H2,1-2H3. The van der Waals surface area contributed by atoms with Crippen LogP contribution in [0.2, 0.25) is 0 Å². The molecule has 0 radical (unpaired) electrons. The van der Waals surface area contributed by atoms with Crippen LogP contribution in [0.3, 0.4) is 0 Å². The van der Waals surface area contributed by atoms with Crippen molar-refractivity contribution in [3.05, 3.63) is 0 Å². The third kappa shape index (κ3) is 3.87. The lowest BCUT2D eigenvalue weighted by Crippen LogP contribution is -2.46. The third-order valence-corrected chi connectivity index (χ3v) is 3.83. The summed E-state index contributed by atoms with van der Waals surface area (Å²) in [7, 11) is 0. The summed E-state index contributed by atoms with van der Waals surface area (Å²) in [5.41, 5.74) is 0. The van der Waals surface area contributed by atoms with Gasteiger partial charge in [0.1, 0.15) is 0 Å². The molecule has 2 nitrogen and oxygen atoms in total. The highest BCUT2D eigenvalue weighted by Crippen LogP contribution is 2.15. The molecule has 14 heavy (non-hydrogen) atoms. The Morgan fingerprint density at radius 3 is 2.93 bits per heavy atom. The summed E-state index contributed by atoms with van der Waals surface area (Å²) in [6.07, 6.45) is 2.62. The fourth-order valence-corrected chi connectivity index (χ4v) is 2.52. The minimum atomic E-state index is 0.599. The van der Waals surface area contributed by atoms with Gasteiger partial charge in [0.15, 0.2) is 0 Å². The molecule has 0 bridgehead atoms. The first-order valence-electron chi connectivity index (χ1n) is 5.65. The van der Waals surface area contributed by atoms with Crippen LogP contribution in [-0.2, 0) is 4.74 Å². The molecule has 1 heterocycles. The van der Waals surface area contributed by atoms with E-state index in [0.29, 0.717) is 6.04 Å². The minimum absolute atomic E-state index is 0.599. The molecule has 84 valence electrons. The smallest absolute Gasteiger partial charge is 0.0619 e. The number of hydrogen-bond donors (Lipinski definition) is 0. The second-order valence-electron chi connectivity index (χ2n) is 4.23. The molecule has 0 N–H and O–H groups in total. The van der Waals surface area contributed by atoms with Crippen molar-refractivity contribution in [2.24, 2.45) is 5.92 Å². The summed E-state index contributed by atoms with van der Waals surface area (Å²) in [6.45, 7) is 8.67. The van der Waals surface area contributed by atoms with E-state index in [1.807, 2.05) is 0 Å². The van der Waals surface area contributed by atoms with E-state index in [-0.39, 0.29) is 0 Å². The van der Waals surface area contributed by atoms with E-state index in [9.17, 15) is 0 Å².